The Morgan fingerprint density at radius 1 is 1.13 bits per heavy atom. The fourth-order valence-corrected chi connectivity index (χ4v) is 5.06. The fourth-order valence-electron chi connectivity index (χ4n) is 3.60. The van der Waals surface area contributed by atoms with E-state index in [9.17, 15) is 14.4 Å². The number of urea groups is 1. The molecular formula is C21H18BrClN2O4S. The molecule has 0 unspecified atom stereocenters. The molecule has 1 aliphatic heterocycles. The zero-order chi connectivity index (χ0) is 21.3. The molecule has 30 heavy (non-hydrogen) atoms. The molecule has 156 valence electrons. The van der Waals surface area contributed by atoms with Gasteiger partial charge in [0.1, 0.15) is 11.3 Å². The molecule has 2 aliphatic rings. The molecule has 4 amide bonds. The maximum absolute atomic E-state index is 13.0. The lowest BCUT2D eigenvalue weighted by Gasteiger charge is -2.35. The van der Waals surface area contributed by atoms with E-state index in [1.54, 1.807) is 18.2 Å². The number of carbonyl (C=O) groups excluding carboxylic acids is 3. The van der Waals surface area contributed by atoms with Crippen molar-refractivity contribution in [2.24, 2.45) is 0 Å². The number of barbiturate groups is 1. The number of furan rings is 1. The Balaban J connectivity index is 1.58. The van der Waals surface area contributed by atoms with Crippen molar-refractivity contribution < 1.29 is 18.8 Å². The van der Waals surface area contributed by atoms with Crippen molar-refractivity contribution in [3.05, 3.63) is 51.2 Å². The lowest BCUT2D eigenvalue weighted by Crippen LogP contribution is -2.58. The molecule has 9 heteroatoms. The Hall–Kier alpha value is -2.03. The van der Waals surface area contributed by atoms with Crippen molar-refractivity contribution in [3.8, 4) is 0 Å². The van der Waals surface area contributed by atoms with E-state index < -0.39 is 17.8 Å². The largest absolute Gasteiger partial charge is 0.449 e. The Morgan fingerprint density at radius 2 is 1.83 bits per heavy atom. The number of nitrogens with zero attached hydrogens (tertiary/aromatic N) is 1. The molecule has 0 bridgehead atoms. The molecule has 0 atom stereocenters. The predicted molar refractivity (Wildman–Crippen MR) is 117 cm³/mol. The maximum atomic E-state index is 13.0. The zero-order valence-corrected chi connectivity index (χ0v) is 19.0. The number of hydrogen-bond donors (Lipinski definition) is 1. The van der Waals surface area contributed by atoms with Gasteiger partial charge in [0.2, 0.25) is 0 Å². The topological polar surface area (TPSA) is 79.6 Å². The van der Waals surface area contributed by atoms with E-state index in [2.05, 4.69) is 21.2 Å². The minimum Gasteiger partial charge on any atom is -0.449 e. The molecule has 6 nitrogen and oxygen atoms in total. The van der Waals surface area contributed by atoms with E-state index in [4.69, 9.17) is 16.0 Å². The van der Waals surface area contributed by atoms with Crippen LogP contribution in [0.1, 0.15) is 37.9 Å². The predicted octanol–water partition coefficient (Wildman–Crippen LogP) is 5.64. The SMILES string of the molecule is O=C1NC(=O)N(C2CCCCC2)C(=O)C1=Cc1cc(Br)c(Sc2ccc(Cl)cc2)o1. The highest BCUT2D eigenvalue weighted by Crippen LogP contribution is 2.37. The average Bonchev–Trinajstić information content (AvgIpc) is 3.06. The Bertz CT molecular complexity index is 1030. The minimum absolute atomic E-state index is 0.107. The summed E-state index contributed by atoms with van der Waals surface area (Å²) in [6.45, 7) is 0. The van der Waals surface area contributed by atoms with Crippen LogP contribution in [0.25, 0.3) is 6.08 Å². The van der Waals surface area contributed by atoms with E-state index >= 15 is 0 Å². The molecule has 1 N–H and O–H groups in total. The number of nitrogens with one attached hydrogen (secondary N) is 1. The van der Waals surface area contributed by atoms with Crippen LogP contribution in [0.2, 0.25) is 5.02 Å². The molecule has 0 radical (unpaired) electrons. The molecule has 1 aromatic heterocycles. The third-order valence-electron chi connectivity index (χ3n) is 5.06. The summed E-state index contributed by atoms with van der Waals surface area (Å²) in [5.41, 5.74) is -0.107. The second kappa shape index (κ2) is 8.99. The average molecular weight is 510 g/mol. The van der Waals surface area contributed by atoms with E-state index in [1.165, 1.54) is 22.7 Å². The molecule has 0 spiro atoms. The van der Waals surface area contributed by atoms with Crippen LogP contribution >= 0.6 is 39.3 Å². The summed E-state index contributed by atoms with van der Waals surface area (Å²) >= 11 is 10.7. The summed E-state index contributed by atoms with van der Waals surface area (Å²) in [5.74, 6) is -0.943. The van der Waals surface area contributed by atoms with Crippen LogP contribution in [-0.2, 0) is 9.59 Å². The quantitative estimate of drug-likeness (QED) is 0.426. The third-order valence-corrected chi connectivity index (χ3v) is 7.16. The van der Waals surface area contributed by atoms with Crippen LogP contribution in [0.5, 0.6) is 0 Å². The second-order valence-electron chi connectivity index (χ2n) is 7.12. The van der Waals surface area contributed by atoms with E-state index in [1.807, 2.05) is 12.1 Å². The first-order chi connectivity index (χ1) is 14.4. The fraction of sp³-hybridized carbons (Fsp3) is 0.286. The highest BCUT2D eigenvalue weighted by Gasteiger charge is 2.40. The molecule has 1 aromatic carbocycles. The van der Waals surface area contributed by atoms with Crippen molar-refractivity contribution in [2.75, 3.05) is 0 Å². The van der Waals surface area contributed by atoms with Gasteiger partial charge in [0.05, 0.1) is 4.47 Å². The highest BCUT2D eigenvalue weighted by molar-refractivity contribution is 9.10. The summed E-state index contributed by atoms with van der Waals surface area (Å²) in [6, 6.07) is 8.16. The highest BCUT2D eigenvalue weighted by atomic mass is 79.9. The van der Waals surface area contributed by atoms with Gasteiger partial charge in [-0.2, -0.15) is 0 Å². The van der Waals surface area contributed by atoms with Gasteiger partial charge in [-0.3, -0.25) is 19.8 Å². The van der Waals surface area contributed by atoms with E-state index in [0.717, 1.165) is 37.0 Å². The van der Waals surface area contributed by atoms with Gasteiger partial charge in [0, 0.05) is 16.0 Å². The summed E-state index contributed by atoms with van der Waals surface area (Å²) in [7, 11) is 0. The Labute approximate surface area is 191 Å². The first-order valence-electron chi connectivity index (χ1n) is 9.55. The van der Waals surface area contributed by atoms with E-state index in [0.29, 0.717) is 20.3 Å². The van der Waals surface area contributed by atoms with Gasteiger partial charge in [0.25, 0.3) is 11.8 Å². The first kappa shape index (κ1) is 21.2. The van der Waals surface area contributed by atoms with Gasteiger partial charge in [-0.15, -0.1) is 0 Å². The molecule has 4 rings (SSSR count). The zero-order valence-electron chi connectivity index (χ0n) is 15.8. The number of halogens is 2. The van der Waals surface area contributed by atoms with Crippen LogP contribution in [0.3, 0.4) is 0 Å². The number of benzene rings is 1. The second-order valence-corrected chi connectivity index (χ2v) is 9.46. The molecule has 2 fully saturated rings. The standard InChI is InChI=1S/C21H18BrClN2O4S/c22-17-11-14(29-20(17)30-15-8-6-12(23)7-9-15)10-16-18(26)24-21(28)25(19(16)27)13-4-2-1-3-5-13/h6-11,13H,1-5H2,(H,24,26,28). The van der Waals surface area contributed by atoms with Crippen LogP contribution in [-0.4, -0.2) is 28.8 Å². The van der Waals surface area contributed by atoms with Gasteiger partial charge in [0.15, 0.2) is 5.09 Å². The summed E-state index contributed by atoms with van der Waals surface area (Å²) < 4.78 is 6.52. The normalized spacial score (nSPS) is 19.5. The first-order valence-corrected chi connectivity index (χ1v) is 11.5. The number of hydrogen-bond acceptors (Lipinski definition) is 5. The Morgan fingerprint density at radius 3 is 2.53 bits per heavy atom. The van der Waals surface area contributed by atoms with E-state index in [-0.39, 0.29) is 11.6 Å². The van der Waals surface area contributed by atoms with Crippen molar-refractivity contribution in [1.29, 1.82) is 0 Å². The van der Waals surface area contributed by atoms with Crippen molar-refractivity contribution >= 4 is 63.2 Å². The molecule has 1 aliphatic carbocycles. The van der Waals surface area contributed by atoms with Crippen LogP contribution < -0.4 is 5.32 Å². The minimum atomic E-state index is -0.712. The molecule has 1 saturated carbocycles. The smallest absolute Gasteiger partial charge is 0.331 e. The lowest BCUT2D eigenvalue weighted by atomic mass is 9.93. The Kier molecular flexibility index (Phi) is 6.36. The van der Waals surface area contributed by atoms with Crippen LogP contribution in [0, 0.1) is 0 Å². The number of amides is 4. The van der Waals surface area contributed by atoms with Crippen LogP contribution in [0.15, 0.2) is 54.8 Å². The summed E-state index contributed by atoms with van der Waals surface area (Å²) in [5, 5.41) is 3.50. The van der Waals surface area contributed by atoms with Crippen molar-refractivity contribution in [3.63, 3.8) is 0 Å². The maximum Gasteiger partial charge on any atom is 0.331 e. The third kappa shape index (κ3) is 4.50. The van der Waals surface area contributed by atoms with Gasteiger partial charge >= 0.3 is 6.03 Å². The molecular weight excluding hydrogens is 492 g/mol. The molecule has 1 saturated heterocycles. The number of imide groups is 2. The van der Waals surface area contributed by atoms with Crippen LogP contribution in [0.4, 0.5) is 4.79 Å². The molecule has 2 aromatic rings. The lowest BCUT2D eigenvalue weighted by molar-refractivity contribution is -0.132. The monoisotopic (exact) mass is 508 g/mol. The number of rotatable bonds is 4. The van der Waals surface area contributed by atoms with Crippen molar-refractivity contribution in [1.82, 2.24) is 10.2 Å². The van der Waals surface area contributed by atoms with Gasteiger partial charge in [-0.1, -0.05) is 42.6 Å². The van der Waals surface area contributed by atoms with Gasteiger partial charge < -0.3 is 4.42 Å². The number of carbonyl (C=O) groups is 3. The van der Waals surface area contributed by atoms with Gasteiger partial charge in [-0.05, 0) is 65.2 Å². The van der Waals surface area contributed by atoms with Crippen molar-refractivity contribution in [2.45, 2.75) is 48.1 Å². The van der Waals surface area contributed by atoms with Gasteiger partial charge in [-0.25, -0.2) is 4.79 Å². The summed E-state index contributed by atoms with van der Waals surface area (Å²) in [6.07, 6.45) is 5.92. The summed E-state index contributed by atoms with van der Waals surface area (Å²) in [4.78, 5) is 39.7. The molecule has 2 heterocycles.